The molecule has 14 heavy (non-hydrogen) atoms. The van der Waals surface area contributed by atoms with Crippen LogP contribution in [0.5, 0.6) is 0 Å². The molecule has 1 heteroatoms. The van der Waals surface area contributed by atoms with Crippen molar-refractivity contribution in [2.45, 2.75) is 32.6 Å². The van der Waals surface area contributed by atoms with Gasteiger partial charge in [-0.3, -0.25) is 0 Å². The van der Waals surface area contributed by atoms with Crippen LogP contribution in [0, 0.1) is 0 Å². The van der Waals surface area contributed by atoms with Gasteiger partial charge in [0.25, 0.3) is 0 Å². The van der Waals surface area contributed by atoms with E-state index in [4.69, 9.17) is 0 Å². The first kappa shape index (κ1) is 9.97. The minimum Gasteiger partial charge on any atom is -0.0795 e. The van der Waals surface area contributed by atoms with E-state index in [0.717, 1.165) is 6.42 Å². The van der Waals surface area contributed by atoms with E-state index in [0.29, 0.717) is 0 Å². The molecule has 2 rings (SSSR count). The van der Waals surface area contributed by atoms with E-state index in [1.54, 1.807) is 0 Å². The molecule has 1 aromatic rings. The van der Waals surface area contributed by atoms with Crippen LogP contribution in [0.4, 0.5) is 0 Å². The number of allylic oxidation sites excluding steroid dienone is 1. The van der Waals surface area contributed by atoms with Crippen molar-refractivity contribution in [2.75, 3.05) is 0 Å². The highest BCUT2D eigenvalue weighted by Gasteiger charge is 2.12. The van der Waals surface area contributed by atoms with Gasteiger partial charge in [0.2, 0.25) is 0 Å². The lowest BCUT2D eigenvalue weighted by Crippen LogP contribution is -1.95. The minimum atomic E-state index is 1.12. The summed E-state index contributed by atoms with van der Waals surface area (Å²) < 4.78 is 1.29. The fraction of sp³-hybridized carbons (Fsp3) is 0.385. The van der Waals surface area contributed by atoms with Crippen LogP contribution in [-0.2, 0) is 12.8 Å². The number of fused-ring (bicyclic) bond motifs is 1. The standard InChI is InChI=1S/C13H15Br/c1-2-3-6-12-11-7-4-5-10(11)8-9-13(12)14/h4-5,8-9H,2-3,6-7H2,1H3. The van der Waals surface area contributed by atoms with Gasteiger partial charge in [0.05, 0.1) is 0 Å². The highest BCUT2D eigenvalue weighted by Crippen LogP contribution is 2.30. The summed E-state index contributed by atoms with van der Waals surface area (Å²) in [7, 11) is 0. The number of rotatable bonds is 3. The number of halogens is 1. The quantitative estimate of drug-likeness (QED) is 0.748. The van der Waals surface area contributed by atoms with E-state index < -0.39 is 0 Å². The van der Waals surface area contributed by atoms with Gasteiger partial charge >= 0.3 is 0 Å². The van der Waals surface area contributed by atoms with Gasteiger partial charge in [0.1, 0.15) is 0 Å². The van der Waals surface area contributed by atoms with Gasteiger partial charge < -0.3 is 0 Å². The average Bonchev–Trinajstić information content (AvgIpc) is 2.64. The van der Waals surface area contributed by atoms with Crippen molar-refractivity contribution in [3.8, 4) is 0 Å². The molecular weight excluding hydrogens is 236 g/mol. The molecule has 74 valence electrons. The first-order chi connectivity index (χ1) is 6.83. The van der Waals surface area contributed by atoms with Crippen LogP contribution >= 0.6 is 15.9 Å². The Morgan fingerprint density at radius 1 is 1.36 bits per heavy atom. The molecule has 1 aliphatic rings. The third-order valence-corrected chi connectivity index (χ3v) is 3.55. The highest BCUT2D eigenvalue weighted by molar-refractivity contribution is 9.10. The Balaban J connectivity index is 2.33. The van der Waals surface area contributed by atoms with Crippen LogP contribution in [0.2, 0.25) is 0 Å². The van der Waals surface area contributed by atoms with E-state index in [2.05, 4.69) is 47.1 Å². The molecule has 0 unspecified atom stereocenters. The smallest absolute Gasteiger partial charge is 0.0210 e. The predicted octanol–water partition coefficient (Wildman–Crippen LogP) is 4.36. The van der Waals surface area contributed by atoms with E-state index in [9.17, 15) is 0 Å². The van der Waals surface area contributed by atoms with E-state index >= 15 is 0 Å². The second-order valence-corrected chi connectivity index (χ2v) is 4.66. The lowest BCUT2D eigenvalue weighted by atomic mass is 9.98. The van der Waals surface area contributed by atoms with Crippen molar-refractivity contribution >= 4 is 22.0 Å². The summed E-state index contributed by atoms with van der Waals surface area (Å²) in [6.07, 6.45) is 9.37. The molecule has 0 amide bonds. The summed E-state index contributed by atoms with van der Waals surface area (Å²) in [5.74, 6) is 0. The van der Waals surface area contributed by atoms with Gasteiger partial charge in [-0.1, -0.05) is 47.5 Å². The second-order valence-electron chi connectivity index (χ2n) is 3.80. The van der Waals surface area contributed by atoms with Gasteiger partial charge in [-0.15, -0.1) is 0 Å². The summed E-state index contributed by atoms with van der Waals surface area (Å²) in [6, 6.07) is 4.39. The summed E-state index contributed by atoms with van der Waals surface area (Å²) in [5.41, 5.74) is 4.47. The van der Waals surface area contributed by atoms with E-state index in [1.807, 2.05) is 0 Å². The lowest BCUT2D eigenvalue weighted by molar-refractivity contribution is 0.787. The van der Waals surface area contributed by atoms with Crippen molar-refractivity contribution in [2.24, 2.45) is 0 Å². The molecule has 0 spiro atoms. The van der Waals surface area contributed by atoms with E-state index in [1.165, 1.54) is 40.4 Å². The molecule has 1 aromatic carbocycles. The Hall–Kier alpha value is -0.560. The maximum atomic E-state index is 3.65. The largest absolute Gasteiger partial charge is 0.0795 e. The molecule has 0 fully saturated rings. The monoisotopic (exact) mass is 250 g/mol. The van der Waals surface area contributed by atoms with Crippen LogP contribution in [0.3, 0.4) is 0 Å². The van der Waals surface area contributed by atoms with Crippen molar-refractivity contribution in [1.29, 1.82) is 0 Å². The molecular formula is C13H15Br. The van der Waals surface area contributed by atoms with Gasteiger partial charge in [0, 0.05) is 4.47 Å². The maximum Gasteiger partial charge on any atom is 0.0210 e. The Labute approximate surface area is 94.2 Å². The number of hydrogen-bond donors (Lipinski definition) is 0. The first-order valence-corrected chi connectivity index (χ1v) is 6.09. The summed E-state index contributed by atoms with van der Waals surface area (Å²) in [4.78, 5) is 0. The minimum absolute atomic E-state index is 1.12. The van der Waals surface area contributed by atoms with Crippen molar-refractivity contribution < 1.29 is 0 Å². The molecule has 1 aliphatic carbocycles. The maximum absolute atomic E-state index is 3.65. The third-order valence-electron chi connectivity index (χ3n) is 2.81. The predicted molar refractivity (Wildman–Crippen MR) is 65.5 cm³/mol. The highest BCUT2D eigenvalue weighted by atomic mass is 79.9. The van der Waals surface area contributed by atoms with Gasteiger partial charge in [-0.05, 0) is 42.0 Å². The van der Waals surface area contributed by atoms with Gasteiger partial charge in [-0.25, -0.2) is 0 Å². The molecule has 0 aliphatic heterocycles. The fourth-order valence-corrected chi connectivity index (χ4v) is 2.58. The van der Waals surface area contributed by atoms with Gasteiger partial charge in [0.15, 0.2) is 0 Å². The van der Waals surface area contributed by atoms with Crippen LogP contribution < -0.4 is 0 Å². The summed E-state index contributed by atoms with van der Waals surface area (Å²) >= 11 is 3.65. The normalized spacial score (nSPS) is 13.3. The lowest BCUT2D eigenvalue weighted by Gasteiger charge is -2.10. The molecule has 0 aromatic heterocycles. The zero-order valence-corrected chi connectivity index (χ0v) is 10.1. The molecule has 0 radical (unpaired) electrons. The SMILES string of the molecule is CCCCc1c(Br)ccc2c1CC=C2. The fourth-order valence-electron chi connectivity index (χ4n) is 2.01. The molecule has 0 saturated heterocycles. The number of benzene rings is 1. The molecule has 0 atom stereocenters. The summed E-state index contributed by atoms with van der Waals surface area (Å²) in [5, 5.41) is 0. The Morgan fingerprint density at radius 3 is 3.00 bits per heavy atom. The molecule has 0 nitrogen and oxygen atoms in total. The Kier molecular flexibility index (Phi) is 3.07. The first-order valence-electron chi connectivity index (χ1n) is 5.29. The Morgan fingerprint density at radius 2 is 2.21 bits per heavy atom. The zero-order valence-electron chi connectivity index (χ0n) is 8.52. The number of hydrogen-bond acceptors (Lipinski definition) is 0. The zero-order chi connectivity index (χ0) is 9.97. The second kappa shape index (κ2) is 4.31. The topological polar surface area (TPSA) is 0 Å². The number of unbranched alkanes of at least 4 members (excludes halogenated alkanes) is 1. The molecule has 0 N–H and O–H groups in total. The van der Waals surface area contributed by atoms with Gasteiger partial charge in [-0.2, -0.15) is 0 Å². The third kappa shape index (κ3) is 1.78. The Bertz CT molecular complexity index is 364. The van der Waals surface area contributed by atoms with Crippen molar-refractivity contribution in [3.05, 3.63) is 39.4 Å². The summed E-state index contributed by atoms with van der Waals surface area (Å²) in [6.45, 7) is 2.25. The van der Waals surface area contributed by atoms with Crippen LogP contribution in [0.25, 0.3) is 6.08 Å². The molecule has 0 heterocycles. The van der Waals surface area contributed by atoms with Crippen molar-refractivity contribution in [3.63, 3.8) is 0 Å². The van der Waals surface area contributed by atoms with Crippen LogP contribution in [-0.4, -0.2) is 0 Å². The van der Waals surface area contributed by atoms with E-state index in [-0.39, 0.29) is 0 Å². The average molecular weight is 251 g/mol. The van der Waals surface area contributed by atoms with Crippen LogP contribution in [0.1, 0.15) is 36.5 Å². The molecule has 0 saturated carbocycles. The van der Waals surface area contributed by atoms with Crippen molar-refractivity contribution in [1.82, 2.24) is 0 Å². The molecule has 0 bridgehead atoms. The van der Waals surface area contributed by atoms with Crippen LogP contribution in [0.15, 0.2) is 22.7 Å².